The molecule has 1 aliphatic rings. The largest absolute Gasteiger partial charge is 0.307 e. The molecule has 1 rings (SSSR count). The minimum atomic E-state index is 0.378. The average Bonchev–Trinajstić information content (AvgIpc) is 1.78. The number of hydrogen-bond donors (Lipinski definition) is 1. The van der Waals surface area contributed by atoms with Crippen LogP contribution in [0.15, 0.2) is 0 Å². The lowest BCUT2D eigenvalue weighted by atomic mass is 10.0. The Hall–Kier alpha value is -0.0400. The van der Waals surface area contributed by atoms with Gasteiger partial charge in [-0.1, -0.05) is 0 Å². The molecule has 0 bridgehead atoms. The summed E-state index contributed by atoms with van der Waals surface area (Å²) in [5, 5.41) is 3.57. The van der Waals surface area contributed by atoms with Crippen LogP contribution >= 0.6 is 0 Å². The van der Waals surface area contributed by atoms with Crippen molar-refractivity contribution in [3.63, 3.8) is 0 Å². The molecule has 1 N–H and O–H groups in total. The molecule has 0 atom stereocenters. The molecule has 0 aromatic heterocycles. The van der Waals surface area contributed by atoms with Crippen LogP contribution in [0.5, 0.6) is 0 Å². The van der Waals surface area contributed by atoms with Gasteiger partial charge in [0.15, 0.2) is 0 Å². The van der Waals surface area contributed by atoms with Gasteiger partial charge in [0.25, 0.3) is 0 Å². The van der Waals surface area contributed by atoms with Crippen LogP contribution in [-0.4, -0.2) is 11.1 Å². The predicted molar refractivity (Wildman–Crippen MR) is 40.5 cm³/mol. The summed E-state index contributed by atoms with van der Waals surface area (Å²) in [5.74, 6) is 0. The van der Waals surface area contributed by atoms with Crippen LogP contribution in [0, 0.1) is 0 Å². The third-order valence-corrected chi connectivity index (χ3v) is 2.05. The molecule has 0 saturated carbocycles. The van der Waals surface area contributed by atoms with Crippen LogP contribution in [0.2, 0.25) is 0 Å². The van der Waals surface area contributed by atoms with Crippen molar-refractivity contribution < 1.29 is 0 Å². The van der Waals surface area contributed by atoms with E-state index >= 15 is 0 Å². The molecule has 0 amide bonds. The first-order valence-corrected chi connectivity index (χ1v) is 3.71. The lowest BCUT2D eigenvalue weighted by Gasteiger charge is -2.24. The Balaban J connectivity index is 2.58. The average molecular weight is 127 g/mol. The molecule has 0 aliphatic carbocycles. The molecular weight excluding hydrogens is 110 g/mol. The fraction of sp³-hybridized carbons (Fsp3) is 1.00. The van der Waals surface area contributed by atoms with Gasteiger partial charge >= 0.3 is 0 Å². The van der Waals surface area contributed by atoms with Crippen LogP contribution < -0.4 is 5.32 Å². The monoisotopic (exact) mass is 127 g/mol. The van der Waals surface area contributed by atoms with Crippen LogP contribution in [0.1, 0.15) is 40.5 Å². The molecular formula is C8H17N. The Morgan fingerprint density at radius 2 is 1.22 bits per heavy atom. The Kier molecular flexibility index (Phi) is 1.35. The van der Waals surface area contributed by atoms with E-state index in [1.807, 2.05) is 0 Å². The van der Waals surface area contributed by atoms with E-state index in [0.29, 0.717) is 11.1 Å². The van der Waals surface area contributed by atoms with E-state index in [1.54, 1.807) is 0 Å². The van der Waals surface area contributed by atoms with Gasteiger partial charge in [0.05, 0.1) is 0 Å². The van der Waals surface area contributed by atoms with Crippen LogP contribution in [0.3, 0.4) is 0 Å². The van der Waals surface area contributed by atoms with E-state index < -0.39 is 0 Å². The zero-order valence-electron chi connectivity index (χ0n) is 6.91. The van der Waals surface area contributed by atoms with Gasteiger partial charge in [-0.25, -0.2) is 0 Å². The summed E-state index contributed by atoms with van der Waals surface area (Å²) in [7, 11) is 0. The zero-order chi connectivity index (χ0) is 7.12. The molecule has 0 aromatic carbocycles. The molecule has 1 aliphatic heterocycles. The van der Waals surface area contributed by atoms with Crippen LogP contribution in [0.4, 0.5) is 0 Å². The van der Waals surface area contributed by atoms with Crippen molar-refractivity contribution in [2.24, 2.45) is 0 Å². The van der Waals surface area contributed by atoms with E-state index in [2.05, 4.69) is 33.0 Å². The van der Waals surface area contributed by atoms with Crippen molar-refractivity contribution in [2.45, 2.75) is 51.6 Å². The van der Waals surface area contributed by atoms with Crippen molar-refractivity contribution in [3.05, 3.63) is 0 Å². The minimum absolute atomic E-state index is 0.378. The SMILES string of the molecule is CC1(C)CCC(C)(C)N1. The van der Waals surface area contributed by atoms with E-state index in [-0.39, 0.29) is 0 Å². The predicted octanol–water partition coefficient (Wildman–Crippen LogP) is 1.93. The molecule has 0 unspecified atom stereocenters. The molecule has 1 fully saturated rings. The van der Waals surface area contributed by atoms with Gasteiger partial charge in [-0.2, -0.15) is 0 Å². The number of hydrogen-bond acceptors (Lipinski definition) is 1. The summed E-state index contributed by atoms with van der Waals surface area (Å²) in [6.07, 6.45) is 2.61. The number of nitrogens with one attached hydrogen (secondary N) is 1. The first-order chi connectivity index (χ1) is 3.91. The summed E-state index contributed by atoms with van der Waals surface area (Å²) in [5.41, 5.74) is 0.757. The fourth-order valence-electron chi connectivity index (χ4n) is 1.67. The second-order valence-corrected chi connectivity index (χ2v) is 4.39. The Morgan fingerprint density at radius 1 is 0.889 bits per heavy atom. The molecule has 1 saturated heterocycles. The summed E-state index contributed by atoms with van der Waals surface area (Å²) in [6, 6.07) is 0. The topological polar surface area (TPSA) is 12.0 Å². The van der Waals surface area contributed by atoms with Crippen molar-refractivity contribution in [1.82, 2.24) is 5.32 Å². The third kappa shape index (κ3) is 1.68. The van der Waals surface area contributed by atoms with Crippen molar-refractivity contribution in [1.29, 1.82) is 0 Å². The molecule has 54 valence electrons. The Morgan fingerprint density at radius 3 is 1.33 bits per heavy atom. The normalized spacial score (nSPS) is 30.7. The van der Waals surface area contributed by atoms with Gasteiger partial charge in [-0.15, -0.1) is 0 Å². The fourth-order valence-corrected chi connectivity index (χ4v) is 1.67. The van der Waals surface area contributed by atoms with Gasteiger partial charge < -0.3 is 5.32 Å². The highest BCUT2D eigenvalue weighted by Crippen LogP contribution is 2.29. The molecule has 9 heavy (non-hydrogen) atoms. The summed E-state index contributed by atoms with van der Waals surface area (Å²) >= 11 is 0. The van der Waals surface area contributed by atoms with Crippen LogP contribution in [0.25, 0.3) is 0 Å². The van der Waals surface area contributed by atoms with Crippen LogP contribution in [-0.2, 0) is 0 Å². The zero-order valence-corrected chi connectivity index (χ0v) is 6.91. The lowest BCUT2D eigenvalue weighted by Crippen LogP contribution is -2.43. The smallest absolute Gasteiger partial charge is 0.0130 e. The molecule has 0 spiro atoms. The van der Waals surface area contributed by atoms with E-state index in [9.17, 15) is 0 Å². The standard InChI is InChI=1S/C8H17N/c1-7(2)5-6-8(3,4)9-7/h9H,5-6H2,1-4H3. The maximum Gasteiger partial charge on any atom is 0.0130 e. The maximum atomic E-state index is 3.57. The number of rotatable bonds is 0. The van der Waals surface area contributed by atoms with E-state index in [1.165, 1.54) is 12.8 Å². The van der Waals surface area contributed by atoms with Crippen molar-refractivity contribution >= 4 is 0 Å². The summed E-state index contributed by atoms with van der Waals surface area (Å²) in [6.45, 7) is 9.06. The van der Waals surface area contributed by atoms with E-state index in [4.69, 9.17) is 0 Å². The van der Waals surface area contributed by atoms with Gasteiger partial charge in [0, 0.05) is 11.1 Å². The highest BCUT2D eigenvalue weighted by Gasteiger charge is 2.34. The maximum absolute atomic E-state index is 3.57. The quantitative estimate of drug-likeness (QED) is 0.524. The van der Waals surface area contributed by atoms with Gasteiger partial charge in [0.2, 0.25) is 0 Å². The second-order valence-electron chi connectivity index (χ2n) is 4.39. The van der Waals surface area contributed by atoms with E-state index in [0.717, 1.165) is 0 Å². The van der Waals surface area contributed by atoms with Crippen molar-refractivity contribution in [2.75, 3.05) is 0 Å². The second kappa shape index (κ2) is 1.72. The van der Waals surface area contributed by atoms with Gasteiger partial charge in [-0.05, 0) is 40.5 Å². The molecule has 1 nitrogen and oxygen atoms in total. The Labute approximate surface area is 57.8 Å². The minimum Gasteiger partial charge on any atom is -0.307 e. The van der Waals surface area contributed by atoms with Gasteiger partial charge in [-0.3, -0.25) is 0 Å². The first-order valence-electron chi connectivity index (χ1n) is 3.71. The Bertz CT molecular complexity index is 99.7. The lowest BCUT2D eigenvalue weighted by molar-refractivity contribution is 0.369. The molecule has 0 aromatic rings. The molecule has 1 heterocycles. The molecule has 0 radical (unpaired) electrons. The first kappa shape index (κ1) is 7.07. The third-order valence-electron chi connectivity index (χ3n) is 2.05. The molecule has 1 heteroatoms. The highest BCUT2D eigenvalue weighted by molar-refractivity contribution is 4.96. The summed E-state index contributed by atoms with van der Waals surface area (Å²) in [4.78, 5) is 0. The van der Waals surface area contributed by atoms with Crippen molar-refractivity contribution in [3.8, 4) is 0 Å². The van der Waals surface area contributed by atoms with Gasteiger partial charge in [0.1, 0.15) is 0 Å². The highest BCUT2D eigenvalue weighted by atomic mass is 15.1. The summed E-state index contributed by atoms with van der Waals surface area (Å²) < 4.78 is 0.